The van der Waals surface area contributed by atoms with Gasteiger partial charge in [0.1, 0.15) is 5.82 Å². The van der Waals surface area contributed by atoms with Crippen molar-refractivity contribution in [2.24, 2.45) is 17.9 Å². The molecule has 1 saturated carbocycles. The number of aryl methyl sites for hydroxylation is 1. The van der Waals surface area contributed by atoms with Crippen molar-refractivity contribution in [3.63, 3.8) is 0 Å². The van der Waals surface area contributed by atoms with Gasteiger partial charge in [-0.2, -0.15) is 5.10 Å². The molecule has 1 aromatic rings. The molecular weight excluding hydrogens is 186 g/mol. The van der Waals surface area contributed by atoms with E-state index >= 15 is 0 Å². The molecule has 1 heterocycles. The fraction of sp³-hybridized carbons (Fsp3) is 0.750. The molecule has 0 spiro atoms. The molecule has 0 amide bonds. The van der Waals surface area contributed by atoms with Crippen LogP contribution in [0.5, 0.6) is 0 Å². The third-order valence-corrected chi connectivity index (χ3v) is 4.67. The summed E-state index contributed by atoms with van der Waals surface area (Å²) in [6, 6.07) is 0. The molecule has 1 aromatic heterocycles. The van der Waals surface area contributed by atoms with Crippen molar-refractivity contribution < 1.29 is 0 Å². The molecule has 84 valence electrons. The SMILES string of the molecule is Cc1c(C2C(C)(C)C2(C)C)nn(C)c1N. The quantitative estimate of drug-likeness (QED) is 0.768. The second kappa shape index (κ2) is 2.57. The predicted octanol–water partition coefficient (Wildman–Crippen LogP) is 2.46. The summed E-state index contributed by atoms with van der Waals surface area (Å²) in [6.45, 7) is 11.3. The lowest BCUT2D eigenvalue weighted by molar-refractivity contribution is 0.457. The Hall–Kier alpha value is -0.990. The lowest BCUT2D eigenvalue weighted by Crippen LogP contribution is -1.97. The number of hydrogen-bond acceptors (Lipinski definition) is 2. The Bertz CT molecular complexity index is 399. The summed E-state index contributed by atoms with van der Waals surface area (Å²) in [5, 5.41) is 4.55. The smallest absolute Gasteiger partial charge is 0.124 e. The van der Waals surface area contributed by atoms with Gasteiger partial charge in [0.15, 0.2) is 0 Å². The Morgan fingerprint density at radius 3 is 1.93 bits per heavy atom. The summed E-state index contributed by atoms with van der Waals surface area (Å²) >= 11 is 0. The van der Waals surface area contributed by atoms with Crippen LogP contribution >= 0.6 is 0 Å². The summed E-state index contributed by atoms with van der Waals surface area (Å²) in [5.74, 6) is 1.33. The summed E-state index contributed by atoms with van der Waals surface area (Å²) in [6.07, 6.45) is 0. The number of hydrogen-bond donors (Lipinski definition) is 1. The van der Waals surface area contributed by atoms with Gasteiger partial charge in [-0.05, 0) is 17.8 Å². The first-order chi connectivity index (χ1) is 6.71. The molecule has 3 nitrogen and oxygen atoms in total. The molecule has 2 N–H and O–H groups in total. The molecule has 0 aliphatic heterocycles. The van der Waals surface area contributed by atoms with E-state index < -0.39 is 0 Å². The summed E-state index contributed by atoms with van der Waals surface area (Å²) in [4.78, 5) is 0. The van der Waals surface area contributed by atoms with Gasteiger partial charge < -0.3 is 5.73 Å². The van der Waals surface area contributed by atoms with Crippen LogP contribution in [-0.2, 0) is 7.05 Å². The fourth-order valence-electron chi connectivity index (χ4n) is 2.82. The third-order valence-electron chi connectivity index (χ3n) is 4.67. The average Bonchev–Trinajstić information content (AvgIpc) is 2.37. The zero-order valence-electron chi connectivity index (χ0n) is 10.5. The molecule has 1 fully saturated rings. The van der Waals surface area contributed by atoms with Gasteiger partial charge in [0.2, 0.25) is 0 Å². The zero-order valence-corrected chi connectivity index (χ0v) is 10.5. The second-order valence-electron chi connectivity index (χ2n) is 5.90. The van der Waals surface area contributed by atoms with E-state index in [4.69, 9.17) is 5.73 Å². The Balaban J connectivity index is 2.46. The minimum atomic E-state index is 0.332. The van der Waals surface area contributed by atoms with Crippen LogP contribution in [0.3, 0.4) is 0 Å². The second-order valence-corrected chi connectivity index (χ2v) is 5.90. The first-order valence-corrected chi connectivity index (χ1v) is 5.50. The van der Waals surface area contributed by atoms with Crippen molar-refractivity contribution in [1.82, 2.24) is 9.78 Å². The van der Waals surface area contributed by atoms with E-state index in [2.05, 4.69) is 39.7 Å². The van der Waals surface area contributed by atoms with E-state index in [1.54, 1.807) is 4.68 Å². The Labute approximate surface area is 91.7 Å². The molecule has 1 aliphatic carbocycles. The van der Waals surface area contributed by atoms with Crippen molar-refractivity contribution in [2.45, 2.75) is 40.5 Å². The molecule has 0 bridgehead atoms. The molecule has 15 heavy (non-hydrogen) atoms. The van der Waals surface area contributed by atoms with Crippen LogP contribution in [0.2, 0.25) is 0 Å². The molecule has 0 saturated heterocycles. The van der Waals surface area contributed by atoms with Gasteiger partial charge in [0.25, 0.3) is 0 Å². The van der Waals surface area contributed by atoms with Crippen molar-refractivity contribution in [1.29, 1.82) is 0 Å². The van der Waals surface area contributed by atoms with Crippen LogP contribution < -0.4 is 5.73 Å². The van der Waals surface area contributed by atoms with E-state index in [0.29, 0.717) is 16.7 Å². The number of rotatable bonds is 1. The Morgan fingerprint density at radius 2 is 1.67 bits per heavy atom. The summed E-state index contributed by atoms with van der Waals surface area (Å²) in [7, 11) is 1.91. The number of nitrogens with two attached hydrogens (primary N) is 1. The molecule has 0 radical (unpaired) electrons. The first-order valence-electron chi connectivity index (χ1n) is 5.50. The maximum atomic E-state index is 5.95. The van der Waals surface area contributed by atoms with Crippen molar-refractivity contribution in [3.05, 3.63) is 11.3 Å². The highest BCUT2D eigenvalue weighted by Gasteiger charge is 2.66. The van der Waals surface area contributed by atoms with E-state index in [1.165, 1.54) is 5.69 Å². The van der Waals surface area contributed by atoms with E-state index in [-0.39, 0.29) is 0 Å². The fourth-order valence-corrected chi connectivity index (χ4v) is 2.82. The van der Waals surface area contributed by atoms with Crippen molar-refractivity contribution >= 4 is 5.82 Å². The van der Waals surface area contributed by atoms with E-state index in [1.807, 2.05) is 7.05 Å². The van der Waals surface area contributed by atoms with Crippen molar-refractivity contribution in [2.75, 3.05) is 5.73 Å². The lowest BCUT2D eigenvalue weighted by Gasteiger charge is -2.03. The summed E-state index contributed by atoms with van der Waals surface area (Å²) in [5.41, 5.74) is 8.95. The van der Waals surface area contributed by atoms with Crippen LogP contribution in [0.1, 0.15) is 44.9 Å². The lowest BCUT2D eigenvalue weighted by atomic mass is 10.0. The van der Waals surface area contributed by atoms with Crippen LogP contribution in [0.4, 0.5) is 5.82 Å². The maximum Gasteiger partial charge on any atom is 0.124 e. The van der Waals surface area contributed by atoms with Gasteiger partial charge >= 0.3 is 0 Å². The Morgan fingerprint density at radius 1 is 1.20 bits per heavy atom. The number of anilines is 1. The molecule has 2 rings (SSSR count). The predicted molar refractivity (Wildman–Crippen MR) is 62.7 cm³/mol. The topological polar surface area (TPSA) is 43.8 Å². The van der Waals surface area contributed by atoms with Gasteiger partial charge in [0, 0.05) is 18.5 Å². The van der Waals surface area contributed by atoms with Crippen LogP contribution in [0.15, 0.2) is 0 Å². The highest BCUT2D eigenvalue weighted by Crippen LogP contribution is 2.73. The van der Waals surface area contributed by atoms with Crippen molar-refractivity contribution in [3.8, 4) is 0 Å². The highest BCUT2D eigenvalue weighted by atomic mass is 15.3. The largest absolute Gasteiger partial charge is 0.384 e. The molecule has 1 aliphatic rings. The minimum absolute atomic E-state index is 0.332. The molecule has 3 heteroatoms. The molecule has 0 unspecified atom stereocenters. The van der Waals surface area contributed by atoms with E-state index in [9.17, 15) is 0 Å². The van der Waals surface area contributed by atoms with Crippen LogP contribution in [0.25, 0.3) is 0 Å². The zero-order chi connectivity index (χ0) is 11.6. The molecule has 0 aromatic carbocycles. The number of nitrogen functional groups attached to an aromatic ring is 1. The molecular formula is C12H21N3. The van der Waals surface area contributed by atoms with Gasteiger partial charge in [-0.25, -0.2) is 0 Å². The summed E-state index contributed by atoms with van der Waals surface area (Å²) < 4.78 is 1.79. The average molecular weight is 207 g/mol. The van der Waals surface area contributed by atoms with Gasteiger partial charge in [-0.3, -0.25) is 4.68 Å². The monoisotopic (exact) mass is 207 g/mol. The van der Waals surface area contributed by atoms with Gasteiger partial charge in [-0.15, -0.1) is 0 Å². The molecule has 0 atom stereocenters. The Kier molecular flexibility index (Phi) is 1.80. The third kappa shape index (κ3) is 1.09. The van der Waals surface area contributed by atoms with Crippen LogP contribution in [-0.4, -0.2) is 9.78 Å². The van der Waals surface area contributed by atoms with Gasteiger partial charge in [0.05, 0.1) is 5.69 Å². The normalized spacial score (nSPS) is 23.1. The number of aromatic nitrogens is 2. The first kappa shape index (κ1) is 10.5. The van der Waals surface area contributed by atoms with Gasteiger partial charge in [-0.1, -0.05) is 27.7 Å². The number of nitrogens with zero attached hydrogens (tertiary/aromatic N) is 2. The van der Waals surface area contributed by atoms with E-state index in [0.717, 1.165) is 11.4 Å². The minimum Gasteiger partial charge on any atom is -0.384 e. The standard InChI is InChI=1S/C12H21N3/c1-7-8(14-15(6)10(7)13)9-11(2,3)12(9,4)5/h9H,13H2,1-6H3. The highest BCUT2D eigenvalue weighted by molar-refractivity contribution is 5.47. The van der Waals surface area contributed by atoms with Crippen LogP contribution in [0, 0.1) is 17.8 Å². The maximum absolute atomic E-state index is 5.95.